The van der Waals surface area contributed by atoms with E-state index in [0.717, 1.165) is 0 Å². The molecule has 0 fully saturated rings. The van der Waals surface area contributed by atoms with Crippen LogP contribution in [0.25, 0.3) is 0 Å². The van der Waals surface area contributed by atoms with Crippen LogP contribution in [0.4, 0.5) is 4.79 Å². The number of hydrogen-bond donors (Lipinski definition) is 2. The SMILES string of the molecule is CC(C)(C)OC(=O)NCCCC(=O)NCc1ccco1. The average molecular weight is 282 g/mol. The van der Waals surface area contributed by atoms with Crippen molar-refractivity contribution in [1.82, 2.24) is 10.6 Å². The fourth-order valence-corrected chi connectivity index (χ4v) is 1.44. The van der Waals surface area contributed by atoms with Crippen molar-refractivity contribution < 1.29 is 18.7 Å². The summed E-state index contributed by atoms with van der Waals surface area (Å²) in [5.74, 6) is 0.637. The van der Waals surface area contributed by atoms with Gasteiger partial charge in [0.15, 0.2) is 0 Å². The van der Waals surface area contributed by atoms with Crippen molar-refractivity contribution in [2.45, 2.75) is 45.8 Å². The monoisotopic (exact) mass is 282 g/mol. The van der Waals surface area contributed by atoms with Gasteiger partial charge in [0.2, 0.25) is 5.91 Å². The lowest BCUT2D eigenvalue weighted by Crippen LogP contribution is -2.33. The molecule has 0 unspecified atom stereocenters. The Morgan fingerprint density at radius 1 is 1.30 bits per heavy atom. The number of furan rings is 1. The van der Waals surface area contributed by atoms with Gasteiger partial charge in [-0.2, -0.15) is 0 Å². The van der Waals surface area contributed by atoms with Crippen molar-refractivity contribution in [2.75, 3.05) is 6.54 Å². The van der Waals surface area contributed by atoms with Crippen molar-refractivity contribution in [1.29, 1.82) is 0 Å². The maximum Gasteiger partial charge on any atom is 0.407 e. The number of ether oxygens (including phenoxy) is 1. The molecule has 1 aromatic rings. The van der Waals surface area contributed by atoms with Crippen molar-refractivity contribution in [3.63, 3.8) is 0 Å². The maximum absolute atomic E-state index is 11.5. The lowest BCUT2D eigenvalue weighted by atomic mass is 10.2. The van der Waals surface area contributed by atoms with E-state index in [1.807, 2.05) is 0 Å². The lowest BCUT2D eigenvalue weighted by Gasteiger charge is -2.19. The summed E-state index contributed by atoms with van der Waals surface area (Å²) in [7, 11) is 0. The van der Waals surface area contributed by atoms with E-state index in [0.29, 0.717) is 31.7 Å². The van der Waals surface area contributed by atoms with E-state index in [-0.39, 0.29) is 5.91 Å². The van der Waals surface area contributed by atoms with Crippen LogP contribution in [-0.4, -0.2) is 24.1 Å². The zero-order valence-corrected chi connectivity index (χ0v) is 12.2. The van der Waals surface area contributed by atoms with Crippen LogP contribution in [0.1, 0.15) is 39.4 Å². The number of rotatable bonds is 6. The second-order valence-corrected chi connectivity index (χ2v) is 5.39. The fourth-order valence-electron chi connectivity index (χ4n) is 1.44. The minimum absolute atomic E-state index is 0.0765. The van der Waals surface area contributed by atoms with Gasteiger partial charge in [0.1, 0.15) is 11.4 Å². The van der Waals surface area contributed by atoms with Crippen LogP contribution in [0, 0.1) is 0 Å². The molecule has 0 bridgehead atoms. The highest BCUT2D eigenvalue weighted by molar-refractivity contribution is 5.75. The first-order valence-electron chi connectivity index (χ1n) is 6.63. The minimum Gasteiger partial charge on any atom is -0.467 e. The van der Waals surface area contributed by atoms with Crippen LogP contribution in [-0.2, 0) is 16.1 Å². The maximum atomic E-state index is 11.5. The van der Waals surface area contributed by atoms with Gasteiger partial charge >= 0.3 is 6.09 Å². The molecule has 0 aliphatic carbocycles. The molecule has 0 atom stereocenters. The van der Waals surface area contributed by atoms with Crippen LogP contribution in [0.15, 0.2) is 22.8 Å². The standard InChI is InChI=1S/C14H22N2O4/c1-14(2,3)20-13(18)15-8-4-7-12(17)16-10-11-6-5-9-19-11/h5-6,9H,4,7-8,10H2,1-3H3,(H,15,18)(H,16,17). The fraction of sp³-hybridized carbons (Fsp3) is 0.571. The molecule has 0 spiro atoms. The van der Waals surface area contributed by atoms with Gasteiger partial charge in [-0.1, -0.05) is 0 Å². The molecule has 0 saturated heterocycles. The third kappa shape index (κ3) is 7.45. The Balaban J connectivity index is 2.06. The summed E-state index contributed by atoms with van der Waals surface area (Å²) < 4.78 is 10.2. The molecular weight excluding hydrogens is 260 g/mol. The van der Waals surface area contributed by atoms with E-state index in [9.17, 15) is 9.59 Å². The van der Waals surface area contributed by atoms with Crippen LogP contribution in [0.5, 0.6) is 0 Å². The minimum atomic E-state index is -0.509. The summed E-state index contributed by atoms with van der Waals surface area (Å²) in [6, 6.07) is 3.57. The summed E-state index contributed by atoms with van der Waals surface area (Å²) >= 11 is 0. The Hall–Kier alpha value is -1.98. The summed E-state index contributed by atoms with van der Waals surface area (Å²) in [6.45, 7) is 6.19. The quantitative estimate of drug-likeness (QED) is 0.784. The number of carbonyl (C=O) groups is 2. The zero-order valence-electron chi connectivity index (χ0n) is 12.2. The third-order valence-electron chi connectivity index (χ3n) is 2.29. The predicted molar refractivity (Wildman–Crippen MR) is 74.0 cm³/mol. The number of amides is 2. The molecule has 0 aliphatic rings. The van der Waals surface area contributed by atoms with Gasteiger partial charge in [-0.15, -0.1) is 0 Å². The second-order valence-electron chi connectivity index (χ2n) is 5.39. The van der Waals surface area contributed by atoms with Gasteiger partial charge in [0.25, 0.3) is 0 Å². The molecule has 0 aromatic carbocycles. The molecule has 1 heterocycles. The Kier molecular flexibility index (Phi) is 6.09. The first-order valence-corrected chi connectivity index (χ1v) is 6.63. The molecule has 6 nitrogen and oxygen atoms in total. The lowest BCUT2D eigenvalue weighted by molar-refractivity contribution is -0.121. The summed E-state index contributed by atoms with van der Waals surface area (Å²) in [6.07, 6.45) is 2.00. The summed E-state index contributed by atoms with van der Waals surface area (Å²) in [5, 5.41) is 5.34. The summed E-state index contributed by atoms with van der Waals surface area (Å²) in [5.41, 5.74) is -0.509. The molecule has 112 valence electrons. The van der Waals surface area contributed by atoms with Crippen LogP contribution in [0.3, 0.4) is 0 Å². The van der Waals surface area contributed by atoms with Crippen molar-refractivity contribution >= 4 is 12.0 Å². The van der Waals surface area contributed by atoms with E-state index >= 15 is 0 Å². The Bertz CT molecular complexity index is 421. The van der Waals surface area contributed by atoms with Gasteiger partial charge in [-0.3, -0.25) is 4.79 Å². The first-order chi connectivity index (χ1) is 9.37. The van der Waals surface area contributed by atoms with E-state index in [1.165, 1.54) is 0 Å². The average Bonchev–Trinajstić information content (AvgIpc) is 2.83. The number of hydrogen-bond acceptors (Lipinski definition) is 4. The van der Waals surface area contributed by atoms with Gasteiger partial charge < -0.3 is 19.8 Å². The van der Waals surface area contributed by atoms with Crippen molar-refractivity contribution in [2.24, 2.45) is 0 Å². The first kappa shape index (κ1) is 16.1. The molecule has 6 heteroatoms. The van der Waals surface area contributed by atoms with Crippen LogP contribution in [0.2, 0.25) is 0 Å². The van der Waals surface area contributed by atoms with Crippen LogP contribution >= 0.6 is 0 Å². The van der Waals surface area contributed by atoms with Crippen molar-refractivity contribution in [3.05, 3.63) is 24.2 Å². The van der Waals surface area contributed by atoms with E-state index in [1.54, 1.807) is 39.2 Å². The number of alkyl carbamates (subject to hydrolysis) is 1. The predicted octanol–water partition coefficient (Wildman–Crippen LogP) is 2.20. The third-order valence-corrected chi connectivity index (χ3v) is 2.29. The zero-order chi connectivity index (χ0) is 15.0. The molecular formula is C14H22N2O4. The van der Waals surface area contributed by atoms with E-state index < -0.39 is 11.7 Å². The Morgan fingerprint density at radius 2 is 2.05 bits per heavy atom. The highest BCUT2D eigenvalue weighted by Gasteiger charge is 2.15. The van der Waals surface area contributed by atoms with Gasteiger partial charge in [-0.25, -0.2) is 4.79 Å². The molecule has 0 aliphatic heterocycles. The smallest absolute Gasteiger partial charge is 0.407 e. The van der Waals surface area contributed by atoms with Gasteiger partial charge in [0, 0.05) is 13.0 Å². The Morgan fingerprint density at radius 3 is 2.65 bits per heavy atom. The molecule has 0 saturated carbocycles. The van der Waals surface area contributed by atoms with Gasteiger partial charge in [-0.05, 0) is 39.3 Å². The number of nitrogens with one attached hydrogen (secondary N) is 2. The molecule has 1 aromatic heterocycles. The van der Waals surface area contributed by atoms with Crippen LogP contribution < -0.4 is 10.6 Å². The summed E-state index contributed by atoms with van der Waals surface area (Å²) in [4.78, 5) is 22.9. The molecule has 2 amide bonds. The molecule has 0 radical (unpaired) electrons. The normalized spacial score (nSPS) is 10.9. The molecule has 1 rings (SSSR count). The highest BCUT2D eigenvalue weighted by Crippen LogP contribution is 2.06. The highest BCUT2D eigenvalue weighted by atomic mass is 16.6. The Labute approximate surface area is 118 Å². The molecule has 2 N–H and O–H groups in total. The second kappa shape index (κ2) is 7.57. The molecule has 20 heavy (non-hydrogen) atoms. The van der Waals surface area contributed by atoms with E-state index in [4.69, 9.17) is 9.15 Å². The number of carbonyl (C=O) groups excluding carboxylic acids is 2. The van der Waals surface area contributed by atoms with Crippen molar-refractivity contribution in [3.8, 4) is 0 Å². The largest absolute Gasteiger partial charge is 0.467 e. The van der Waals surface area contributed by atoms with E-state index in [2.05, 4.69) is 10.6 Å². The van der Waals surface area contributed by atoms with Gasteiger partial charge in [0.05, 0.1) is 12.8 Å². The topological polar surface area (TPSA) is 80.6 Å².